The van der Waals surface area contributed by atoms with Gasteiger partial charge in [-0.15, -0.1) is 12.4 Å². The van der Waals surface area contributed by atoms with Crippen molar-refractivity contribution in [3.8, 4) is 5.75 Å². The minimum Gasteiger partial charge on any atom is -0.492 e. The van der Waals surface area contributed by atoms with E-state index in [9.17, 15) is 9.18 Å². The van der Waals surface area contributed by atoms with Crippen LogP contribution < -0.4 is 4.74 Å². The number of carbonyl (C=O) groups is 1. The van der Waals surface area contributed by atoms with E-state index in [1.807, 2.05) is 0 Å². The lowest BCUT2D eigenvalue weighted by Crippen LogP contribution is -2.33. The van der Waals surface area contributed by atoms with E-state index >= 15 is 0 Å². The molecule has 134 valence electrons. The predicted molar refractivity (Wildman–Crippen MR) is 95.7 cm³/mol. The Balaban J connectivity index is 0.00000208. The Labute approximate surface area is 150 Å². The van der Waals surface area contributed by atoms with Gasteiger partial charge in [0.15, 0.2) is 5.78 Å². The molecule has 5 heteroatoms. The van der Waals surface area contributed by atoms with Crippen molar-refractivity contribution in [1.29, 1.82) is 0 Å². The molecule has 0 radical (unpaired) electrons. The van der Waals surface area contributed by atoms with E-state index in [-0.39, 0.29) is 29.9 Å². The molecule has 1 saturated carbocycles. The number of ketones is 1. The van der Waals surface area contributed by atoms with Gasteiger partial charge >= 0.3 is 0 Å². The number of benzene rings is 1. The number of rotatable bonds is 5. The van der Waals surface area contributed by atoms with Crippen LogP contribution in [0.3, 0.4) is 0 Å². The molecular weight excluding hydrogens is 329 g/mol. The van der Waals surface area contributed by atoms with Gasteiger partial charge in [0.25, 0.3) is 0 Å². The number of halogens is 2. The van der Waals surface area contributed by atoms with Crippen LogP contribution in [-0.2, 0) is 0 Å². The van der Waals surface area contributed by atoms with E-state index < -0.39 is 0 Å². The van der Waals surface area contributed by atoms with Crippen molar-refractivity contribution >= 4 is 18.2 Å². The first kappa shape index (κ1) is 19.2. The van der Waals surface area contributed by atoms with Crippen molar-refractivity contribution in [3.63, 3.8) is 0 Å². The lowest BCUT2D eigenvalue weighted by Gasteiger charge is -2.29. The summed E-state index contributed by atoms with van der Waals surface area (Å²) in [5.41, 5.74) is 0.399. The molecule has 3 nitrogen and oxygen atoms in total. The number of hydrogen-bond acceptors (Lipinski definition) is 3. The van der Waals surface area contributed by atoms with E-state index in [0.717, 1.165) is 25.4 Å². The van der Waals surface area contributed by atoms with Crippen LogP contribution in [0.4, 0.5) is 4.39 Å². The monoisotopic (exact) mass is 355 g/mol. The summed E-state index contributed by atoms with van der Waals surface area (Å²) in [7, 11) is 2.14. The molecule has 1 aliphatic carbocycles. The molecule has 1 fully saturated rings. The first-order chi connectivity index (χ1) is 11.1. The van der Waals surface area contributed by atoms with Crippen molar-refractivity contribution in [1.82, 2.24) is 4.90 Å². The van der Waals surface area contributed by atoms with E-state index in [4.69, 9.17) is 4.74 Å². The SMILES string of the molecule is CN(CCC1COc2ccc(F)cc2C1=O)CC1CCCCC1.Cl. The van der Waals surface area contributed by atoms with Crippen molar-refractivity contribution in [2.45, 2.75) is 38.5 Å². The minimum absolute atomic E-state index is 0. The van der Waals surface area contributed by atoms with Crippen molar-refractivity contribution in [2.24, 2.45) is 11.8 Å². The summed E-state index contributed by atoms with van der Waals surface area (Å²) in [6, 6.07) is 4.19. The maximum absolute atomic E-state index is 13.4. The number of fused-ring (bicyclic) bond motifs is 1. The highest BCUT2D eigenvalue weighted by Gasteiger charge is 2.29. The van der Waals surface area contributed by atoms with Gasteiger partial charge in [-0.1, -0.05) is 19.3 Å². The van der Waals surface area contributed by atoms with Gasteiger partial charge in [0.05, 0.1) is 18.1 Å². The van der Waals surface area contributed by atoms with Crippen LogP contribution in [0.5, 0.6) is 5.75 Å². The standard InChI is InChI=1S/C19H26FNO2.ClH/c1-21(12-14-5-3-2-4-6-14)10-9-15-13-23-18-8-7-16(20)11-17(18)19(15)22;/h7-8,11,14-15H,2-6,9-10,12-13H2,1H3;1H. The van der Waals surface area contributed by atoms with Crippen LogP contribution in [0.15, 0.2) is 18.2 Å². The molecule has 0 saturated heterocycles. The van der Waals surface area contributed by atoms with Gasteiger partial charge in [-0.3, -0.25) is 4.79 Å². The molecule has 3 rings (SSSR count). The van der Waals surface area contributed by atoms with Crippen LogP contribution in [0.1, 0.15) is 48.9 Å². The number of ether oxygens (including phenoxy) is 1. The van der Waals surface area contributed by atoms with E-state index in [2.05, 4.69) is 11.9 Å². The maximum Gasteiger partial charge on any atom is 0.173 e. The quantitative estimate of drug-likeness (QED) is 0.786. The Bertz CT molecular complexity index is 560. The predicted octanol–water partition coefficient (Wildman–Crippen LogP) is 4.34. The summed E-state index contributed by atoms with van der Waals surface area (Å²) in [4.78, 5) is 14.8. The molecule has 1 heterocycles. The van der Waals surface area contributed by atoms with Crippen LogP contribution in [0, 0.1) is 17.7 Å². The average Bonchev–Trinajstić information content (AvgIpc) is 2.56. The minimum atomic E-state index is -0.379. The molecule has 1 aromatic rings. The average molecular weight is 356 g/mol. The van der Waals surface area contributed by atoms with Gasteiger partial charge in [0, 0.05) is 6.54 Å². The summed E-state index contributed by atoms with van der Waals surface area (Å²) in [5, 5.41) is 0. The van der Waals surface area contributed by atoms with Crippen LogP contribution in [0.25, 0.3) is 0 Å². The fourth-order valence-corrected chi connectivity index (χ4v) is 3.80. The molecule has 0 amide bonds. The number of carbonyl (C=O) groups excluding carboxylic acids is 1. The number of nitrogens with zero attached hydrogens (tertiary/aromatic N) is 1. The number of Topliss-reactive ketones (excluding diaryl/α,β-unsaturated/α-hetero) is 1. The molecule has 0 N–H and O–H groups in total. The topological polar surface area (TPSA) is 29.5 Å². The van der Waals surface area contributed by atoms with Gasteiger partial charge in [0.2, 0.25) is 0 Å². The molecular formula is C19H27ClFNO2. The zero-order valence-electron chi connectivity index (χ0n) is 14.3. The highest BCUT2D eigenvalue weighted by Crippen LogP contribution is 2.29. The molecule has 1 aliphatic heterocycles. The van der Waals surface area contributed by atoms with Crippen LogP contribution in [-0.4, -0.2) is 37.4 Å². The van der Waals surface area contributed by atoms with Gasteiger partial charge in [-0.25, -0.2) is 4.39 Å². The summed E-state index contributed by atoms with van der Waals surface area (Å²) in [5.74, 6) is 0.816. The molecule has 0 aromatic heterocycles. The lowest BCUT2D eigenvalue weighted by molar-refractivity contribution is 0.0803. The van der Waals surface area contributed by atoms with E-state index in [1.165, 1.54) is 44.2 Å². The largest absolute Gasteiger partial charge is 0.492 e. The molecule has 2 aliphatic rings. The Morgan fingerprint density at radius 2 is 2.00 bits per heavy atom. The van der Waals surface area contributed by atoms with Crippen LogP contribution >= 0.6 is 12.4 Å². The van der Waals surface area contributed by atoms with Crippen molar-refractivity contribution in [2.75, 3.05) is 26.7 Å². The van der Waals surface area contributed by atoms with Gasteiger partial charge in [-0.2, -0.15) is 0 Å². The molecule has 24 heavy (non-hydrogen) atoms. The number of hydrogen-bond donors (Lipinski definition) is 0. The third kappa shape index (κ3) is 4.70. The molecule has 0 spiro atoms. The smallest absolute Gasteiger partial charge is 0.173 e. The summed E-state index contributed by atoms with van der Waals surface area (Å²) in [6.07, 6.45) is 7.54. The zero-order chi connectivity index (χ0) is 16.2. The third-order valence-electron chi connectivity index (χ3n) is 5.17. The Morgan fingerprint density at radius 1 is 1.25 bits per heavy atom. The van der Waals surface area contributed by atoms with Crippen molar-refractivity contribution < 1.29 is 13.9 Å². The normalized spacial score (nSPS) is 21.1. The Kier molecular flexibility index (Phi) is 7.05. The highest BCUT2D eigenvalue weighted by molar-refractivity contribution is 6.01. The van der Waals surface area contributed by atoms with Gasteiger partial charge < -0.3 is 9.64 Å². The Hall–Kier alpha value is -1.13. The highest BCUT2D eigenvalue weighted by atomic mass is 35.5. The summed E-state index contributed by atoms with van der Waals surface area (Å²) < 4.78 is 19.0. The van der Waals surface area contributed by atoms with Gasteiger partial charge in [-0.05, 0) is 57.0 Å². The molecule has 1 atom stereocenters. The van der Waals surface area contributed by atoms with Gasteiger partial charge in [0.1, 0.15) is 11.6 Å². The first-order valence-electron chi connectivity index (χ1n) is 8.78. The van der Waals surface area contributed by atoms with Crippen LogP contribution in [0.2, 0.25) is 0 Å². The lowest BCUT2D eigenvalue weighted by atomic mass is 9.88. The fraction of sp³-hybridized carbons (Fsp3) is 0.632. The third-order valence-corrected chi connectivity index (χ3v) is 5.17. The van der Waals surface area contributed by atoms with E-state index in [1.54, 1.807) is 6.07 Å². The summed E-state index contributed by atoms with van der Waals surface area (Å²) >= 11 is 0. The fourth-order valence-electron chi connectivity index (χ4n) is 3.80. The second-order valence-corrected chi connectivity index (χ2v) is 7.07. The Morgan fingerprint density at radius 3 is 2.75 bits per heavy atom. The molecule has 1 aromatic carbocycles. The van der Waals surface area contributed by atoms with E-state index in [0.29, 0.717) is 17.9 Å². The first-order valence-corrected chi connectivity index (χ1v) is 8.78. The molecule has 1 unspecified atom stereocenters. The maximum atomic E-state index is 13.4. The second-order valence-electron chi connectivity index (χ2n) is 7.07. The molecule has 0 bridgehead atoms. The zero-order valence-corrected chi connectivity index (χ0v) is 15.1. The summed E-state index contributed by atoms with van der Waals surface area (Å²) in [6.45, 7) is 2.42. The second kappa shape index (κ2) is 8.82. The van der Waals surface area contributed by atoms with Crippen molar-refractivity contribution in [3.05, 3.63) is 29.6 Å².